The fourth-order valence-corrected chi connectivity index (χ4v) is 2.13. The number of carbonyl (C=O) groups excluding carboxylic acids is 1. The summed E-state index contributed by atoms with van der Waals surface area (Å²) in [7, 11) is 0. The highest BCUT2D eigenvalue weighted by atomic mass is 35.5. The van der Waals surface area contributed by atoms with Crippen molar-refractivity contribution in [2.75, 3.05) is 5.32 Å². The standard InChI is InChI=1S/C11H11Cl2FN2OS/c1-2-6(10(15)18)11(17)16-5-3-7(12)9(14)8(13)4-5/h3-4,6H,2H2,1H3,(H2,15,18)(H,16,17). The number of hydrogen-bond donors (Lipinski definition) is 2. The van der Waals surface area contributed by atoms with Gasteiger partial charge in [-0.15, -0.1) is 0 Å². The molecule has 0 saturated heterocycles. The molecule has 1 aromatic rings. The Labute approximate surface area is 119 Å². The van der Waals surface area contributed by atoms with Crippen molar-refractivity contribution in [1.29, 1.82) is 0 Å². The van der Waals surface area contributed by atoms with Gasteiger partial charge in [-0.25, -0.2) is 4.39 Å². The molecular formula is C11H11Cl2FN2OS. The first-order valence-corrected chi connectivity index (χ1v) is 6.28. The summed E-state index contributed by atoms with van der Waals surface area (Å²) in [5, 5.41) is 2.21. The Morgan fingerprint density at radius 2 is 2.00 bits per heavy atom. The number of halogens is 3. The first-order valence-electron chi connectivity index (χ1n) is 5.11. The van der Waals surface area contributed by atoms with Crippen LogP contribution in [0.15, 0.2) is 12.1 Å². The van der Waals surface area contributed by atoms with Gasteiger partial charge in [0, 0.05) is 5.69 Å². The molecule has 3 N–H and O–H groups in total. The zero-order valence-electron chi connectivity index (χ0n) is 9.47. The molecule has 0 spiro atoms. The van der Waals surface area contributed by atoms with E-state index in [1.54, 1.807) is 6.92 Å². The van der Waals surface area contributed by atoms with Crippen LogP contribution in [0.5, 0.6) is 0 Å². The smallest absolute Gasteiger partial charge is 0.234 e. The van der Waals surface area contributed by atoms with Crippen molar-refractivity contribution < 1.29 is 9.18 Å². The second kappa shape index (κ2) is 6.31. The average Bonchev–Trinajstić information content (AvgIpc) is 2.26. The van der Waals surface area contributed by atoms with Gasteiger partial charge in [-0.3, -0.25) is 4.79 Å². The first kappa shape index (κ1) is 15.1. The van der Waals surface area contributed by atoms with Crippen LogP contribution < -0.4 is 11.1 Å². The number of amides is 1. The minimum Gasteiger partial charge on any atom is -0.393 e. The summed E-state index contributed by atoms with van der Waals surface area (Å²) >= 11 is 16.0. The molecule has 0 fully saturated rings. The third-order valence-corrected chi connectivity index (χ3v) is 3.15. The quantitative estimate of drug-likeness (QED) is 0.662. The van der Waals surface area contributed by atoms with Gasteiger partial charge in [-0.2, -0.15) is 0 Å². The average molecular weight is 309 g/mol. The van der Waals surface area contributed by atoms with Crippen molar-refractivity contribution in [3.05, 3.63) is 28.0 Å². The minimum atomic E-state index is -0.724. The third-order valence-electron chi connectivity index (χ3n) is 2.32. The summed E-state index contributed by atoms with van der Waals surface area (Å²) in [6, 6.07) is 2.54. The van der Waals surface area contributed by atoms with E-state index in [1.807, 2.05) is 0 Å². The summed E-state index contributed by atoms with van der Waals surface area (Å²) in [4.78, 5) is 11.9. The molecule has 0 aliphatic heterocycles. The molecule has 1 aromatic carbocycles. The molecule has 18 heavy (non-hydrogen) atoms. The van der Waals surface area contributed by atoms with E-state index in [-0.39, 0.29) is 20.9 Å². The Bertz CT molecular complexity index is 473. The van der Waals surface area contributed by atoms with Gasteiger partial charge in [0.15, 0.2) is 5.82 Å². The summed E-state index contributed by atoms with van der Waals surface area (Å²) in [5.41, 5.74) is 5.74. The number of hydrogen-bond acceptors (Lipinski definition) is 2. The molecule has 3 nitrogen and oxygen atoms in total. The Morgan fingerprint density at radius 1 is 1.50 bits per heavy atom. The summed E-state index contributed by atoms with van der Waals surface area (Å²) in [6.07, 6.45) is 0.476. The van der Waals surface area contributed by atoms with E-state index in [4.69, 9.17) is 41.2 Å². The number of carbonyl (C=O) groups is 1. The molecule has 1 rings (SSSR count). The number of rotatable bonds is 4. The molecule has 0 heterocycles. The van der Waals surface area contributed by atoms with Crippen LogP contribution in [-0.2, 0) is 4.79 Å². The van der Waals surface area contributed by atoms with Gasteiger partial charge in [0.1, 0.15) is 0 Å². The molecule has 1 unspecified atom stereocenters. The molecular weight excluding hydrogens is 298 g/mol. The molecule has 0 aliphatic carbocycles. The Kier molecular flexibility index (Phi) is 5.31. The molecule has 1 amide bonds. The topological polar surface area (TPSA) is 55.1 Å². The largest absolute Gasteiger partial charge is 0.393 e. The fourth-order valence-electron chi connectivity index (χ4n) is 1.37. The van der Waals surface area contributed by atoms with E-state index < -0.39 is 11.7 Å². The van der Waals surface area contributed by atoms with E-state index >= 15 is 0 Å². The lowest BCUT2D eigenvalue weighted by molar-refractivity contribution is -0.118. The molecule has 1 atom stereocenters. The maximum Gasteiger partial charge on any atom is 0.234 e. The maximum absolute atomic E-state index is 13.2. The van der Waals surface area contributed by atoms with E-state index in [2.05, 4.69) is 5.32 Å². The monoisotopic (exact) mass is 308 g/mol. The van der Waals surface area contributed by atoms with Crippen molar-refractivity contribution in [2.24, 2.45) is 11.7 Å². The lowest BCUT2D eigenvalue weighted by Crippen LogP contribution is -2.32. The lowest BCUT2D eigenvalue weighted by Gasteiger charge is -2.14. The highest BCUT2D eigenvalue weighted by Crippen LogP contribution is 2.27. The van der Waals surface area contributed by atoms with E-state index in [1.165, 1.54) is 12.1 Å². The molecule has 7 heteroatoms. The zero-order valence-corrected chi connectivity index (χ0v) is 11.8. The Morgan fingerprint density at radius 3 is 2.39 bits per heavy atom. The Hall–Kier alpha value is -0.910. The van der Waals surface area contributed by atoms with Crippen molar-refractivity contribution in [2.45, 2.75) is 13.3 Å². The molecule has 0 bridgehead atoms. The van der Waals surface area contributed by atoms with Gasteiger partial charge in [0.2, 0.25) is 5.91 Å². The van der Waals surface area contributed by atoms with E-state index in [0.29, 0.717) is 12.1 Å². The van der Waals surface area contributed by atoms with Gasteiger partial charge in [-0.1, -0.05) is 42.3 Å². The van der Waals surface area contributed by atoms with Crippen LogP contribution in [0.25, 0.3) is 0 Å². The SMILES string of the molecule is CCC(C(=O)Nc1cc(Cl)c(F)c(Cl)c1)C(N)=S. The number of thiocarbonyl (C=S) groups is 1. The van der Waals surface area contributed by atoms with E-state index in [0.717, 1.165) is 0 Å². The van der Waals surface area contributed by atoms with Gasteiger partial charge < -0.3 is 11.1 Å². The van der Waals surface area contributed by atoms with Gasteiger partial charge in [0.05, 0.1) is 21.0 Å². The highest BCUT2D eigenvalue weighted by Gasteiger charge is 2.20. The zero-order chi connectivity index (χ0) is 13.9. The van der Waals surface area contributed by atoms with Crippen LogP contribution in [0.2, 0.25) is 10.0 Å². The van der Waals surface area contributed by atoms with Crippen LogP contribution >= 0.6 is 35.4 Å². The van der Waals surface area contributed by atoms with Gasteiger partial charge >= 0.3 is 0 Å². The molecule has 0 aromatic heterocycles. The molecule has 0 saturated carbocycles. The summed E-state index contributed by atoms with van der Waals surface area (Å²) < 4.78 is 13.2. The predicted molar refractivity (Wildman–Crippen MR) is 75.6 cm³/mol. The minimum absolute atomic E-state index is 0.106. The van der Waals surface area contributed by atoms with Crippen LogP contribution in [-0.4, -0.2) is 10.9 Å². The summed E-state index contributed by atoms with van der Waals surface area (Å²) in [6.45, 7) is 1.79. The summed E-state index contributed by atoms with van der Waals surface area (Å²) in [5.74, 6) is -1.68. The van der Waals surface area contributed by atoms with Crippen molar-refractivity contribution >= 4 is 52.0 Å². The molecule has 0 radical (unpaired) electrons. The van der Waals surface area contributed by atoms with Crippen LogP contribution in [0.3, 0.4) is 0 Å². The number of benzene rings is 1. The predicted octanol–water partition coefficient (Wildman–Crippen LogP) is 3.38. The normalized spacial score (nSPS) is 12.0. The third kappa shape index (κ3) is 3.54. The second-order valence-electron chi connectivity index (χ2n) is 3.61. The lowest BCUT2D eigenvalue weighted by atomic mass is 10.1. The molecule has 0 aliphatic rings. The number of nitrogens with one attached hydrogen (secondary N) is 1. The highest BCUT2D eigenvalue weighted by molar-refractivity contribution is 7.80. The maximum atomic E-state index is 13.2. The number of nitrogens with two attached hydrogens (primary N) is 1. The van der Waals surface area contributed by atoms with Crippen molar-refractivity contribution in [3.8, 4) is 0 Å². The van der Waals surface area contributed by atoms with Crippen LogP contribution in [0.4, 0.5) is 10.1 Å². The second-order valence-corrected chi connectivity index (χ2v) is 4.89. The van der Waals surface area contributed by atoms with Crippen LogP contribution in [0, 0.1) is 11.7 Å². The van der Waals surface area contributed by atoms with Crippen molar-refractivity contribution in [3.63, 3.8) is 0 Å². The van der Waals surface area contributed by atoms with E-state index in [9.17, 15) is 9.18 Å². The molecule has 98 valence electrons. The fraction of sp³-hybridized carbons (Fsp3) is 0.273. The van der Waals surface area contributed by atoms with Crippen LogP contribution in [0.1, 0.15) is 13.3 Å². The van der Waals surface area contributed by atoms with Crippen molar-refractivity contribution in [1.82, 2.24) is 0 Å². The van der Waals surface area contributed by atoms with Gasteiger partial charge in [-0.05, 0) is 18.6 Å². The first-order chi connectivity index (χ1) is 8.36. The number of anilines is 1. The van der Waals surface area contributed by atoms with Gasteiger partial charge in [0.25, 0.3) is 0 Å². The Balaban J connectivity index is 2.91.